The van der Waals surface area contributed by atoms with Crippen LogP contribution in [0.5, 0.6) is 0 Å². The summed E-state index contributed by atoms with van der Waals surface area (Å²) in [4.78, 5) is 30.1. The molecule has 4 aromatic carbocycles. The van der Waals surface area contributed by atoms with E-state index >= 15 is 0 Å². The van der Waals surface area contributed by atoms with Gasteiger partial charge in [0.05, 0.1) is 26.4 Å². The number of rotatable bonds is 14. The van der Waals surface area contributed by atoms with E-state index in [1.165, 1.54) is 48.6 Å². The van der Waals surface area contributed by atoms with Gasteiger partial charge in [0.15, 0.2) is 0 Å². The number of hydrogen-bond acceptors (Lipinski definition) is 18. The number of nitrogens with one attached hydrogen (secondary N) is 4. The molecule has 0 atom stereocenters. The Morgan fingerprint density at radius 1 is 0.492 bits per heavy atom. The quantitative estimate of drug-likeness (QED) is 0.0521. The molecular formula is C40H41N12NaO8S2. The van der Waals surface area contributed by atoms with Crippen molar-refractivity contribution in [3.63, 3.8) is 0 Å². The summed E-state index contributed by atoms with van der Waals surface area (Å²) in [5, 5.41) is 12.3. The van der Waals surface area contributed by atoms with Crippen molar-refractivity contribution in [3.8, 4) is 0 Å². The number of morpholine rings is 2. The molecule has 6 N–H and O–H groups in total. The average Bonchev–Trinajstić information content (AvgIpc) is 3.27. The first-order valence-corrected chi connectivity index (χ1v) is 22.1. The Labute approximate surface area is 386 Å². The van der Waals surface area contributed by atoms with Crippen molar-refractivity contribution in [1.82, 2.24) is 29.9 Å². The summed E-state index contributed by atoms with van der Waals surface area (Å²) in [6.45, 7) is 4.13. The van der Waals surface area contributed by atoms with Crippen LogP contribution in [0.4, 0.5) is 58.4 Å². The Balaban J connectivity index is 0.00000340. The van der Waals surface area contributed by atoms with E-state index in [0.717, 1.165) is 11.4 Å². The van der Waals surface area contributed by atoms with Gasteiger partial charge in [0.2, 0.25) is 35.7 Å². The number of anilines is 10. The minimum absolute atomic E-state index is 0. The van der Waals surface area contributed by atoms with Crippen LogP contribution in [0.1, 0.15) is 12.6 Å². The van der Waals surface area contributed by atoms with Crippen LogP contribution in [0, 0.1) is 0 Å². The van der Waals surface area contributed by atoms with Crippen LogP contribution in [0.25, 0.3) is 12.2 Å². The first kappa shape index (κ1) is 45.2. The third kappa shape index (κ3) is 12.0. The van der Waals surface area contributed by atoms with Gasteiger partial charge in [-0.2, -0.15) is 46.7 Å². The summed E-state index contributed by atoms with van der Waals surface area (Å²) in [5.41, 5.74) is 1.92. The molecule has 0 aliphatic carbocycles. The van der Waals surface area contributed by atoms with Crippen molar-refractivity contribution < 1.29 is 66.4 Å². The zero-order chi connectivity index (χ0) is 43.1. The number of aromatic nitrogens is 6. The number of hydrogen-bond donors (Lipinski definition) is 6. The molecular weight excluding hydrogens is 864 g/mol. The normalized spacial score (nSPS) is 14.5. The minimum atomic E-state index is -4.83. The van der Waals surface area contributed by atoms with Gasteiger partial charge in [0.1, 0.15) is 9.79 Å². The second kappa shape index (κ2) is 20.1. The molecule has 2 aromatic heterocycles. The predicted molar refractivity (Wildman–Crippen MR) is 234 cm³/mol. The van der Waals surface area contributed by atoms with Gasteiger partial charge in [0, 0.05) is 48.9 Å². The predicted octanol–water partition coefficient (Wildman–Crippen LogP) is 2.48. The van der Waals surface area contributed by atoms with Gasteiger partial charge in [0.25, 0.3) is 20.2 Å². The molecule has 0 bridgehead atoms. The molecule has 0 saturated carbocycles. The standard InChI is InChI=1S/C40H40N12O8S2.Na.H/c53-61(54,55)33-25-31(43-37-45-35(41-29-7-3-1-4-8-29)47-39(49-37)51-17-21-59-22-18-51)15-13-27(33)11-12-28-14-16-32(26-34(28)62(56,57)58)44-38-46-36(42-30-9-5-2-6-10-30)48-40(50-38)52-19-23-60-24-20-52;;/h1-16,25-26H,17-24H2,(H,53,54,55)(H,56,57,58)(H2,41,43,45,47,49)(H2,42,44,46,48,50);;/q;+1;-1. The van der Waals surface area contributed by atoms with Crippen LogP contribution in [0.15, 0.2) is 107 Å². The van der Waals surface area contributed by atoms with E-state index in [-0.39, 0.29) is 77.3 Å². The number of para-hydroxylation sites is 2. The molecule has 2 saturated heterocycles. The molecule has 6 aromatic rings. The van der Waals surface area contributed by atoms with Crippen molar-refractivity contribution in [2.75, 3.05) is 83.7 Å². The molecule has 2 fully saturated rings. The van der Waals surface area contributed by atoms with Crippen LogP contribution >= 0.6 is 0 Å². The third-order valence-electron chi connectivity index (χ3n) is 9.43. The summed E-state index contributed by atoms with van der Waals surface area (Å²) >= 11 is 0. The molecule has 0 radical (unpaired) electrons. The number of benzene rings is 4. The second-order valence-corrected chi connectivity index (χ2v) is 16.6. The molecule has 322 valence electrons. The summed E-state index contributed by atoms with van der Waals surface area (Å²) < 4.78 is 82.5. The Kier molecular flexibility index (Phi) is 14.4. The maximum absolute atomic E-state index is 12.7. The third-order valence-corrected chi connectivity index (χ3v) is 11.3. The molecule has 2 aliphatic heterocycles. The summed E-state index contributed by atoms with van der Waals surface area (Å²) in [6, 6.07) is 26.8. The van der Waals surface area contributed by atoms with E-state index in [1.807, 2.05) is 70.5 Å². The monoisotopic (exact) mass is 904 g/mol. The Morgan fingerprint density at radius 3 is 1.16 bits per heavy atom. The van der Waals surface area contributed by atoms with Crippen LogP contribution in [0.3, 0.4) is 0 Å². The number of nitrogens with zero attached hydrogens (tertiary/aromatic N) is 8. The van der Waals surface area contributed by atoms with Crippen molar-refractivity contribution in [1.29, 1.82) is 0 Å². The van der Waals surface area contributed by atoms with Gasteiger partial charge < -0.3 is 42.0 Å². The van der Waals surface area contributed by atoms with Gasteiger partial charge in [-0.25, -0.2) is 0 Å². The second-order valence-electron chi connectivity index (χ2n) is 13.8. The first-order valence-electron chi connectivity index (χ1n) is 19.2. The maximum Gasteiger partial charge on any atom is 1.00 e. The first-order chi connectivity index (χ1) is 29.9. The molecule has 0 amide bonds. The number of ether oxygens (including phenoxy) is 2. The fourth-order valence-corrected chi connectivity index (χ4v) is 7.87. The van der Waals surface area contributed by atoms with Gasteiger partial charge in [-0.1, -0.05) is 60.7 Å². The molecule has 4 heterocycles. The van der Waals surface area contributed by atoms with E-state index in [1.54, 1.807) is 0 Å². The molecule has 20 nitrogen and oxygen atoms in total. The van der Waals surface area contributed by atoms with Gasteiger partial charge >= 0.3 is 29.6 Å². The van der Waals surface area contributed by atoms with Crippen LogP contribution in [-0.4, -0.2) is 108 Å². The largest absolute Gasteiger partial charge is 1.00 e. The van der Waals surface area contributed by atoms with Gasteiger partial charge in [-0.3, -0.25) is 9.11 Å². The van der Waals surface area contributed by atoms with Gasteiger partial charge in [-0.05, 0) is 59.7 Å². The van der Waals surface area contributed by atoms with Crippen LogP contribution in [0.2, 0.25) is 0 Å². The van der Waals surface area contributed by atoms with Gasteiger partial charge in [-0.15, -0.1) is 0 Å². The van der Waals surface area contributed by atoms with E-state index < -0.39 is 30.0 Å². The molecule has 23 heteroatoms. The Hall–Kier alpha value is -5.82. The molecule has 8 rings (SSSR count). The summed E-state index contributed by atoms with van der Waals surface area (Å²) in [5.74, 6) is 1.38. The molecule has 0 unspecified atom stereocenters. The van der Waals surface area contributed by atoms with E-state index in [4.69, 9.17) is 9.47 Å². The zero-order valence-corrected chi connectivity index (χ0v) is 37.4. The molecule has 2 aliphatic rings. The van der Waals surface area contributed by atoms with E-state index in [2.05, 4.69) is 51.2 Å². The van der Waals surface area contributed by atoms with Crippen LogP contribution < -0.4 is 60.6 Å². The van der Waals surface area contributed by atoms with Crippen molar-refractivity contribution in [2.24, 2.45) is 0 Å². The van der Waals surface area contributed by atoms with Crippen molar-refractivity contribution in [2.45, 2.75) is 9.79 Å². The van der Waals surface area contributed by atoms with E-state index in [0.29, 0.717) is 64.5 Å². The zero-order valence-electron chi connectivity index (χ0n) is 34.8. The van der Waals surface area contributed by atoms with E-state index in [9.17, 15) is 25.9 Å². The average molecular weight is 905 g/mol. The molecule has 0 spiro atoms. The summed E-state index contributed by atoms with van der Waals surface area (Å²) in [7, 11) is -9.67. The molecule has 63 heavy (non-hydrogen) atoms. The van der Waals surface area contributed by atoms with Crippen molar-refractivity contribution in [3.05, 3.63) is 108 Å². The minimum Gasteiger partial charge on any atom is -1.00 e. The fourth-order valence-electron chi connectivity index (χ4n) is 6.45. The Bertz CT molecular complexity index is 2620. The maximum atomic E-state index is 12.7. The van der Waals surface area contributed by atoms with Crippen molar-refractivity contribution >= 4 is 90.8 Å². The SMILES string of the molecule is O=S(=O)(O)c1cc(Nc2nc(Nc3ccccc3)nc(N3CCOCC3)n2)ccc1C=Cc1ccc(Nc2nc(Nc3ccccc3)nc(N3CCOCC3)n2)cc1S(=O)(=O)O.[H-].[Na+]. The fraction of sp³-hybridized carbons (Fsp3) is 0.200. The summed E-state index contributed by atoms with van der Waals surface area (Å²) in [6.07, 6.45) is 2.60. The van der Waals surface area contributed by atoms with Crippen LogP contribution in [-0.2, 0) is 29.7 Å². The topological polar surface area (TPSA) is 259 Å². The smallest absolute Gasteiger partial charge is 1.00 e. The Morgan fingerprint density at radius 2 is 0.825 bits per heavy atom.